The molecule has 5 rings (SSSR count). The summed E-state index contributed by atoms with van der Waals surface area (Å²) in [7, 11) is 1.59. The van der Waals surface area contributed by atoms with Gasteiger partial charge in [-0.15, -0.1) is 0 Å². The van der Waals surface area contributed by atoms with Crippen LogP contribution in [0.3, 0.4) is 0 Å². The summed E-state index contributed by atoms with van der Waals surface area (Å²) >= 11 is 2.80. The number of fused-ring (bicyclic) bond motifs is 1. The van der Waals surface area contributed by atoms with E-state index in [1.54, 1.807) is 22.7 Å². The Morgan fingerprint density at radius 2 is 1.82 bits per heavy atom. The average molecular weight is 560 g/mol. The maximum Gasteiger partial charge on any atom is 0.271 e. The maximum atomic E-state index is 13.9. The Hall–Kier alpha value is -3.82. The first-order chi connectivity index (χ1) is 18.9. The highest BCUT2D eigenvalue weighted by Crippen LogP contribution is 2.36. The maximum absolute atomic E-state index is 13.9. The lowest BCUT2D eigenvalue weighted by Gasteiger charge is -2.29. The summed E-state index contributed by atoms with van der Waals surface area (Å²) < 4.78 is 13.8. The number of ether oxygens (including phenoxy) is 1. The van der Waals surface area contributed by atoms with Gasteiger partial charge in [-0.3, -0.25) is 14.2 Å². The molecular formula is C30H29N3O4S2. The smallest absolute Gasteiger partial charge is 0.271 e. The molecule has 0 unspecified atom stereocenters. The summed E-state index contributed by atoms with van der Waals surface area (Å²) in [5.41, 5.74) is 1.56. The number of rotatable bonds is 8. The molecule has 3 heterocycles. The first-order valence-electron chi connectivity index (χ1n) is 12.7. The summed E-state index contributed by atoms with van der Waals surface area (Å²) in [6.07, 6.45) is 1.74. The topological polar surface area (TPSA) is 77.0 Å². The van der Waals surface area contributed by atoms with Crippen molar-refractivity contribution in [3.8, 4) is 5.75 Å². The van der Waals surface area contributed by atoms with Crippen LogP contribution in [0.4, 0.5) is 0 Å². The number of carbonyl (C=O) groups excluding carboxylic acids is 1. The first-order valence-corrected chi connectivity index (χ1v) is 14.4. The summed E-state index contributed by atoms with van der Waals surface area (Å²) in [6.45, 7) is 6.82. The molecule has 0 fully saturated rings. The minimum absolute atomic E-state index is 0.139. The zero-order valence-corrected chi connectivity index (χ0v) is 23.8. The fourth-order valence-corrected chi connectivity index (χ4v) is 6.49. The van der Waals surface area contributed by atoms with Gasteiger partial charge in [0.1, 0.15) is 17.6 Å². The molecule has 4 aromatic rings. The van der Waals surface area contributed by atoms with Crippen LogP contribution in [-0.2, 0) is 4.79 Å². The Labute approximate surface area is 234 Å². The van der Waals surface area contributed by atoms with Crippen LogP contribution in [0.2, 0.25) is 0 Å². The van der Waals surface area contributed by atoms with Crippen molar-refractivity contribution in [2.24, 2.45) is 4.99 Å². The second-order valence-electron chi connectivity index (χ2n) is 8.87. The number of amides is 1. The Kier molecular flexibility index (Phi) is 7.90. The van der Waals surface area contributed by atoms with Crippen LogP contribution in [0.25, 0.3) is 6.08 Å². The van der Waals surface area contributed by atoms with Crippen LogP contribution in [0.1, 0.15) is 38.1 Å². The van der Waals surface area contributed by atoms with Gasteiger partial charge >= 0.3 is 0 Å². The number of hydrogen-bond donors (Lipinski definition) is 0. The number of methoxy groups -OCH3 is 1. The molecule has 200 valence electrons. The standard InChI is InChI=1S/C30H29N3O4S2/c1-5-32(6-2)29(35)26-19(3)31-30-33(27(26)22-14-10-11-15-23(22)36-4)28(34)24(39-30)18-20-16-17-25(37-20)38-21-12-8-7-9-13-21/h7-18,27H,5-6H2,1-4H3/b24-18+/t27-/m1/s1. The average Bonchev–Trinajstić information content (AvgIpc) is 3.52. The number of benzene rings is 2. The molecule has 0 saturated heterocycles. The quantitative estimate of drug-likeness (QED) is 0.308. The Morgan fingerprint density at radius 3 is 2.54 bits per heavy atom. The molecule has 2 aromatic heterocycles. The molecule has 0 bridgehead atoms. The highest BCUT2D eigenvalue weighted by Gasteiger charge is 2.35. The Balaban J connectivity index is 1.63. The van der Waals surface area contributed by atoms with Crippen molar-refractivity contribution in [1.82, 2.24) is 9.47 Å². The Bertz CT molecular complexity index is 1710. The van der Waals surface area contributed by atoms with E-state index in [0.717, 1.165) is 15.6 Å². The van der Waals surface area contributed by atoms with Gasteiger partial charge in [0.2, 0.25) is 0 Å². The zero-order chi connectivity index (χ0) is 27.5. The summed E-state index contributed by atoms with van der Waals surface area (Å²) in [5, 5.41) is 0.732. The monoisotopic (exact) mass is 559 g/mol. The van der Waals surface area contributed by atoms with Crippen LogP contribution in [-0.4, -0.2) is 35.6 Å². The lowest BCUT2D eigenvalue weighted by Crippen LogP contribution is -2.43. The van der Waals surface area contributed by atoms with Gasteiger partial charge in [-0.25, -0.2) is 4.99 Å². The third-order valence-corrected chi connectivity index (χ3v) is 8.48. The number of nitrogens with zero attached hydrogens (tertiary/aromatic N) is 3. The molecule has 0 saturated carbocycles. The van der Waals surface area contributed by atoms with Gasteiger partial charge in [0.25, 0.3) is 11.5 Å². The highest BCUT2D eigenvalue weighted by atomic mass is 32.2. The predicted octanol–water partition coefficient (Wildman–Crippen LogP) is 4.86. The largest absolute Gasteiger partial charge is 0.496 e. The second kappa shape index (κ2) is 11.5. The Morgan fingerprint density at radius 1 is 1.10 bits per heavy atom. The summed E-state index contributed by atoms with van der Waals surface area (Å²) in [5.74, 6) is 1.04. The number of carbonyl (C=O) groups is 1. The van der Waals surface area contributed by atoms with Gasteiger partial charge < -0.3 is 14.1 Å². The summed E-state index contributed by atoms with van der Waals surface area (Å²) in [6, 6.07) is 20.5. The van der Waals surface area contributed by atoms with E-state index in [1.807, 2.05) is 87.5 Å². The molecule has 9 heteroatoms. The number of hydrogen-bond acceptors (Lipinski definition) is 7. The van der Waals surface area contributed by atoms with Crippen LogP contribution in [0, 0.1) is 0 Å². The van der Waals surface area contributed by atoms with E-state index in [1.165, 1.54) is 23.1 Å². The van der Waals surface area contributed by atoms with Crippen LogP contribution in [0.15, 0.2) is 102 Å². The molecule has 0 radical (unpaired) electrons. The van der Waals surface area contributed by atoms with Gasteiger partial charge in [0, 0.05) is 29.6 Å². The van der Waals surface area contributed by atoms with Crippen molar-refractivity contribution >= 4 is 35.1 Å². The fraction of sp³-hybridized carbons (Fsp3) is 0.233. The van der Waals surface area contributed by atoms with Gasteiger partial charge in [-0.1, -0.05) is 59.5 Å². The number of furan rings is 1. The van der Waals surface area contributed by atoms with Crippen LogP contribution in [0.5, 0.6) is 5.75 Å². The predicted molar refractivity (Wildman–Crippen MR) is 154 cm³/mol. The minimum atomic E-state index is -0.673. The van der Waals surface area contributed by atoms with Gasteiger partial charge in [-0.2, -0.15) is 0 Å². The molecule has 1 atom stereocenters. The molecule has 0 aliphatic carbocycles. The van der Waals surface area contributed by atoms with Gasteiger partial charge in [0.15, 0.2) is 9.89 Å². The number of aromatic nitrogens is 1. The molecule has 1 aliphatic heterocycles. The van der Waals surface area contributed by atoms with E-state index in [4.69, 9.17) is 14.1 Å². The van der Waals surface area contributed by atoms with Crippen molar-refractivity contribution < 1.29 is 13.9 Å². The first kappa shape index (κ1) is 26.8. The molecule has 0 N–H and O–H groups in total. The molecule has 2 aromatic carbocycles. The van der Waals surface area contributed by atoms with E-state index in [2.05, 4.69) is 0 Å². The molecule has 1 aliphatic rings. The van der Waals surface area contributed by atoms with Crippen molar-refractivity contribution in [2.45, 2.75) is 36.8 Å². The number of allylic oxidation sites excluding steroid dienone is 1. The van der Waals surface area contributed by atoms with E-state index in [-0.39, 0.29) is 11.5 Å². The third kappa shape index (κ3) is 5.24. The second-order valence-corrected chi connectivity index (χ2v) is 11.0. The molecule has 0 spiro atoms. The minimum Gasteiger partial charge on any atom is -0.496 e. The normalized spacial score (nSPS) is 15.2. The van der Waals surface area contributed by atoms with Crippen molar-refractivity contribution in [3.63, 3.8) is 0 Å². The van der Waals surface area contributed by atoms with Crippen LogP contribution >= 0.6 is 23.1 Å². The third-order valence-electron chi connectivity index (χ3n) is 6.57. The van der Waals surface area contributed by atoms with E-state index in [0.29, 0.717) is 45.2 Å². The van der Waals surface area contributed by atoms with E-state index < -0.39 is 6.04 Å². The SMILES string of the molecule is CCN(CC)C(=O)C1=C(C)N=c2s/c(=C/c3ccc(Sc4ccccc4)o3)c(=O)n2[C@@H]1c1ccccc1OC. The molecule has 1 amide bonds. The van der Waals surface area contributed by atoms with E-state index >= 15 is 0 Å². The highest BCUT2D eigenvalue weighted by molar-refractivity contribution is 7.99. The van der Waals surface area contributed by atoms with Crippen molar-refractivity contribution in [3.05, 3.63) is 109 Å². The van der Waals surface area contributed by atoms with E-state index in [9.17, 15) is 9.59 Å². The number of thiazole rings is 1. The van der Waals surface area contributed by atoms with Gasteiger partial charge in [0.05, 0.1) is 22.9 Å². The lowest BCUT2D eigenvalue weighted by molar-refractivity contribution is -0.127. The van der Waals surface area contributed by atoms with Crippen LogP contribution < -0.4 is 19.6 Å². The molecular weight excluding hydrogens is 530 g/mol. The van der Waals surface area contributed by atoms with Crippen molar-refractivity contribution in [1.29, 1.82) is 0 Å². The molecule has 7 nitrogen and oxygen atoms in total. The van der Waals surface area contributed by atoms with Crippen molar-refractivity contribution in [2.75, 3.05) is 20.2 Å². The number of para-hydroxylation sites is 1. The van der Waals surface area contributed by atoms with Gasteiger partial charge in [-0.05, 0) is 51.1 Å². The summed E-state index contributed by atoms with van der Waals surface area (Å²) in [4.78, 5) is 35.8. The molecule has 39 heavy (non-hydrogen) atoms. The fourth-order valence-electron chi connectivity index (χ4n) is 4.66. The lowest BCUT2D eigenvalue weighted by atomic mass is 9.94. The number of likely N-dealkylation sites (N-methyl/N-ethyl adjacent to an activating group) is 1. The zero-order valence-electron chi connectivity index (χ0n) is 22.2.